The van der Waals surface area contributed by atoms with Crippen LogP contribution in [0.1, 0.15) is 55.8 Å². The van der Waals surface area contributed by atoms with Gasteiger partial charge in [-0.3, -0.25) is 9.59 Å². The van der Waals surface area contributed by atoms with Crippen molar-refractivity contribution in [3.63, 3.8) is 0 Å². The van der Waals surface area contributed by atoms with Gasteiger partial charge in [-0.1, -0.05) is 84.9 Å². The Balaban J connectivity index is 1.29. The van der Waals surface area contributed by atoms with Crippen LogP contribution in [0.4, 0.5) is 0 Å². The molecule has 0 saturated carbocycles. The molecule has 2 aliphatic carbocycles. The van der Waals surface area contributed by atoms with Gasteiger partial charge in [0.15, 0.2) is 11.6 Å². The monoisotopic (exact) mass is 468 g/mol. The number of hydrogen-bond acceptors (Lipinski definition) is 2. The van der Waals surface area contributed by atoms with E-state index in [9.17, 15) is 9.59 Å². The van der Waals surface area contributed by atoms with Crippen LogP contribution < -0.4 is 0 Å². The maximum atomic E-state index is 13.4. The molecule has 0 radical (unpaired) electrons. The van der Waals surface area contributed by atoms with Gasteiger partial charge in [-0.05, 0) is 83.7 Å². The molecule has 4 aromatic rings. The van der Waals surface area contributed by atoms with E-state index in [0.29, 0.717) is 0 Å². The van der Waals surface area contributed by atoms with Gasteiger partial charge >= 0.3 is 0 Å². The molecule has 0 bridgehead atoms. The summed E-state index contributed by atoms with van der Waals surface area (Å²) in [4.78, 5) is 26.8. The lowest BCUT2D eigenvalue weighted by Gasteiger charge is -2.24. The number of Topliss-reactive ketones (excluding diaryl/α,β-unsaturated/α-hetero) is 2. The third-order valence-corrected chi connectivity index (χ3v) is 7.62. The SMILES string of the molecule is O=C1/C(=C/c2ccccc2)CCc2ccc(-c3ccc4c(c3)C(=O)C(Cc3ccccc3)CC4)cc21. The molecule has 1 atom stereocenters. The van der Waals surface area contributed by atoms with Crippen molar-refractivity contribution in [2.75, 3.05) is 0 Å². The predicted molar refractivity (Wildman–Crippen MR) is 145 cm³/mol. The summed E-state index contributed by atoms with van der Waals surface area (Å²) in [6.07, 6.45) is 6.24. The molecule has 0 aliphatic heterocycles. The number of ketones is 2. The highest BCUT2D eigenvalue weighted by molar-refractivity contribution is 6.13. The molecule has 0 heterocycles. The summed E-state index contributed by atoms with van der Waals surface area (Å²) in [7, 11) is 0. The Labute approximate surface area is 212 Å². The molecular weight excluding hydrogens is 440 g/mol. The highest BCUT2D eigenvalue weighted by atomic mass is 16.1. The zero-order chi connectivity index (χ0) is 24.5. The van der Waals surface area contributed by atoms with E-state index in [1.807, 2.05) is 66.7 Å². The molecule has 0 amide bonds. The number of hydrogen-bond donors (Lipinski definition) is 0. The fourth-order valence-electron chi connectivity index (χ4n) is 5.61. The molecule has 4 aromatic carbocycles. The first-order valence-corrected chi connectivity index (χ1v) is 12.8. The molecule has 36 heavy (non-hydrogen) atoms. The average Bonchev–Trinajstić information content (AvgIpc) is 2.93. The van der Waals surface area contributed by atoms with Crippen LogP contribution in [0.5, 0.6) is 0 Å². The van der Waals surface area contributed by atoms with Gasteiger partial charge in [-0.15, -0.1) is 0 Å². The van der Waals surface area contributed by atoms with Crippen molar-refractivity contribution < 1.29 is 9.59 Å². The third kappa shape index (κ3) is 4.35. The van der Waals surface area contributed by atoms with Crippen LogP contribution in [0.25, 0.3) is 17.2 Å². The highest BCUT2D eigenvalue weighted by Gasteiger charge is 2.28. The topological polar surface area (TPSA) is 34.1 Å². The van der Waals surface area contributed by atoms with E-state index in [1.54, 1.807) is 0 Å². The van der Waals surface area contributed by atoms with Crippen LogP contribution in [-0.4, -0.2) is 11.6 Å². The Morgan fingerprint density at radius 3 is 2.03 bits per heavy atom. The number of rotatable bonds is 4. The van der Waals surface area contributed by atoms with E-state index < -0.39 is 0 Å². The minimum atomic E-state index is 0.0194. The number of aryl methyl sites for hydroxylation is 2. The van der Waals surface area contributed by atoms with Gasteiger partial charge in [0, 0.05) is 22.6 Å². The zero-order valence-corrected chi connectivity index (χ0v) is 20.2. The van der Waals surface area contributed by atoms with Crippen molar-refractivity contribution >= 4 is 17.6 Å². The van der Waals surface area contributed by atoms with Crippen molar-refractivity contribution in [3.8, 4) is 11.1 Å². The number of carbonyl (C=O) groups is 2. The summed E-state index contributed by atoms with van der Waals surface area (Å²) in [5, 5.41) is 0. The van der Waals surface area contributed by atoms with Crippen LogP contribution in [0, 0.1) is 5.92 Å². The molecule has 0 fully saturated rings. The first-order chi connectivity index (χ1) is 17.7. The smallest absolute Gasteiger partial charge is 0.189 e. The zero-order valence-electron chi connectivity index (χ0n) is 20.2. The van der Waals surface area contributed by atoms with Crippen LogP contribution in [0.2, 0.25) is 0 Å². The molecule has 176 valence electrons. The van der Waals surface area contributed by atoms with E-state index in [1.165, 1.54) is 5.56 Å². The maximum absolute atomic E-state index is 13.4. The van der Waals surface area contributed by atoms with Crippen LogP contribution in [-0.2, 0) is 19.3 Å². The van der Waals surface area contributed by atoms with Gasteiger partial charge in [0.2, 0.25) is 0 Å². The Kier molecular flexibility index (Phi) is 5.95. The normalized spacial score (nSPS) is 18.1. The second kappa shape index (κ2) is 9.54. The standard InChI is InChI=1S/C34H28O2/c35-33-29(19-23-7-3-1-4-8-23)17-13-25-11-15-27(21-31(25)33)28-16-12-26-14-18-30(34(36)32(26)22-28)20-24-9-5-2-6-10-24/h1-12,15-16,19,21-22,30H,13-14,17-18,20H2/b29-19+. The van der Waals surface area contributed by atoms with Gasteiger partial charge in [0.25, 0.3) is 0 Å². The van der Waals surface area contributed by atoms with Crippen LogP contribution >= 0.6 is 0 Å². The molecule has 2 aliphatic rings. The van der Waals surface area contributed by atoms with E-state index in [-0.39, 0.29) is 17.5 Å². The highest BCUT2D eigenvalue weighted by Crippen LogP contribution is 2.34. The van der Waals surface area contributed by atoms with Crippen molar-refractivity contribution in [2.45, 2.75) is 32.1 Å². The predicted octanol–water partition coefficient (Wildman–Crippen LogP) is 7.55. The average molecular weight is 469 g/mol. The minimum Gasteiger partial charge on any atom is -0.294 e. The first kappa shape index (κ1) is 22.4. The molecule has 0 N–H and O–H groups in total. The van der Waals surface area contributed by atoms with Crippen LogP contribution in [0.15, 0.2) is 103 Å². The van der Waals surface area contributed by atoms with Gasteiger partial charge in [0.05, 0.1) is 0 Å². The van der Waals surface area contributed by atoms with Gasteiger partial charge in [0.1, 0.15) is 0 Å². The van der Waals surface area contributed by atoms with Gasteiger partial charge in [-0.2, -0.15) is 0 Å². The summed E-state index contributed by atoms with van der Waals surface area (Å²) in [5.74, 6) is 0.369. The van der Waals surface area contributed by atoms with Crippen molar-refractivity contribution in [1.82, 2.24) is 0 Å². The number of carbonyl (C=O) groups excluding carboxylic acids is 2. The number of allylic oxidation sites excluding steroid dienone is 1. The molecule has 0 saturated heterocycles. The summed E-state index contributed by atoms with van der Waals surface area (Å²) >= 11 is 0. The Morgan fingerprint density at radius 1 is 0.667 bits per heavy atom. The summed E-state index contributed by atoms with van der Waals surface area (Å²) in [5.41, 5.74) is 8.97. The van der Waals surface area contributed by atoms with E-state index >= 15 is 0 Å². The first-order valence-electron chi connectivity index (χ1n) is 12.8. The Hall–Kier alpha value is -4.04. The van der Waals surface area contributed by atoms with Gasteiger partial charge in [-0.25, -0.2) is 0 Å². The Bertz CT molecular complexity index is 1480. The molecule has 1 unspecified atom stereocenters. The van der Waals surface area contributed by atoms with E-state index in [4.69, 9.17) is 0 Å². The van der Waals surface area contributed by atoms with Crippen molar-refractivity contribution in [1.29, 1.82) is 0 Å². The maximum Gasteiger partial charge on any atom is 0.189 e. The van der Waals surface area contributed by atoms with Crippen LogP contribution in [0.3, 0.4) is 0 Å². The lowest BCUT2D eigenvalue weighted by molar-refractivity contribution is 0.0901. The van der Waals surface area contributed by atoms with E-state index in [0.717, 1.165) is 76.6 Å². The molecule has 0 spiro atoms. The largest absolute Gasteiger partial charge is 0.294 e. The van der Waals surface area contributed by atoms with E-state index in [2.05, 4.69) is 36.4 Å². The van der Waals surface area contributed by atoms with Crippen molar-refractivity contribution in [2.24, 2.45) is 5.92 Å². The molecule has 0 aromatic heterocycles. The fourth-order valence-corrected chi connectivity index (χ4v) is 5.61. The number of fused-ring (bicyclic) bond motifs is 2. The van der Waals surface area contributed by atoms with Gasteiger partial charge < -0.3 is 0 Å². The van der Waals surface area contributed by atoms with Crippen molar-refractivity contribution in [3.05, 3.63) is 136 Å². The Morgan fingerprint density at radius 2 is 1.31 bits per heavy atom. The quantitative estimate of drug-likeness (QED) is 0.290. The summed E-state index contributed by atoms with van der Waals surface area (Å²) < 4.78 is 0. The lowest BCUT2D eigenvalue weighted by Crippen LogP contribution is -2.24. The molecule has 2 heteroatoms. The fraction of sp³-hybridized carbons (Fsp3) is 0.176. The lowest BCUT2D eigenvalue weighted by atomic mass is 9.78. The second-order valence-electron chi connectivity index (χ2n) is 9.94. The molecule has 6 rings (SSSR count). The summed E-state index contributed by atoms with van der Waals surface area (Å²) in [6, 6.07) is 32.8. The number of benzene rings is 4. The molecular formula is C34H28O2. The summed E-state index contributed by atoms with van der Waals surface area (Å²) in [6.45, 7) is 0. The molecule has 2 nitrogen and oxygen atoms in total. The second-order valence-corrected chi connectivity index (χ2v) is 9.94. The third-order valence-electron chi connectivity index (χ3n) is 7.62. The minimum absolute atomic E-state index is 0.0194.